The third-order valence-electron chi connectivity index (χ3n) is 3.65. The number of carbonyl (C=O) groups is 1. The van der Waals surface area contributed by atoms with Gasteiger partial charge < -0.3 is 10.6 Å². The highest BCUT2D eigenvalue weighted by molar-refractivity contribution is 7.16. The average molecular weight is 347 g/mol. The number of hydrogen-bond acceptors (Lipinski definition) is 4. The topological polar surface area (TPSA) is 54.0 Å². The van der Waals surface area contributed by atoms with Crippen LogP contribution in [0.3, 0.4) is 0 Å². The van der Waals surface area contributed by atoms with Crippen LogP contribution in [0.5, 0.6) is 0 Å². The summed E-state index contributed by atoms with van der Waals surface area (Å²) in [6.45, 7) is 1.93. The Labute approximate surface area is 150 Å². The van der Waals surface area contributed by atoms with Crippen molar-refractivity contribution in [2.24, 2.45) is 0 Å². The van der Waals surface area contributed by atoms with Crippen LogP contribution in [0.1, 0.15) is 33.9 Å². The number of benzene rings is 2. The molecule has 124 valence electrons. The number of amides is 1. The third kappa shape index (κ3) is 4.06. The Morgan fingerprint density at radius 2 is 1.76 bits per heavy atom. The number of anilines is 2. The smallest absolute Gasteiger partial charge is 0.272 e. The molecule has 0 aliphatic heterocycles. The summed E-state index contributed by atoms with van der Waals surface area (Å²) < 4.78 is 0. The van der Waals surface area contributed by atoms with Gasteiger partial charge in [0.15, 0.2) is 10.8 Å². The first-order chi connectivity index (χ1) is 12.2. The quantitative estimate of drug-likeness (QED) is 0.674. The first kappa shape index (κ1) is 16.7. The van der Waals surface area contributed by atoms with Gasteiger partial charge in [0.2, 0.25) is 0 Å². The molecule has 1 unspecified atom stereocenters. The summed E-state index contributed by atoms with van der Waals surface area (Å²) in [4.78, 5) is 17.5. The maximum Gasteiger partial charge on any atom is 0.272 e. The molecule has 25 heavy (non-hydrogen) atoms. The molecule has 1 atom stereocenters. The number of thiazole rings is 1. The van der Waals surface area contributed by atoms with Crippen molar-refractivity contribution in [2.45, 2.75) is 13.0 Å². The van der Waals surface area contributed by atoms with E-state index in [1.54, 1.807) is 0 Å². The monoisotopic (exact) mass is 347 g/mol. The highest BCUT2D eigenvalue weighted by Crippen LogP contribution is 2.26. The summed E-state index contributed by atoms with van der Waals surface area (Å²) >= 11 is 1.29. The van der Waals surface area contributed by atoms with E-state index in [9.17, 15) is 4.79 Å². The maximum absolute atomic E-state index is 12.6. The molecular formula is C20H17N3OS. The van der Waals surface area contributed by atoms with Crippen LogP contribution in [0.4, 0.5) is 10.8 Å². The fourth-order valence-electron chi connectivity index (χ4n) is 2.36. The van der Waals surface area contributed by atoms with Gasteiger partial charge in [-0.2, -0.15) is 0 Å². The van der Waals surface area contributed by atoms with Gasteiger partial charge in [0.25, 0.3) is 5.91 Å². The number of nitrogens with zero attached hydrogens (tertiary/aromatic N) is 1. The molecule has 1 heterocycles. The lowest BCUT2D eigenvalue weighted by Crippen LogP contribution is -2.27. The minimum absolute atomic E-state index is 0.133. The molecule has 1 aromatic heterocycles. The van der Waals surface area contributed by atoms with Crippen molar-refractivity contribution in [3.63, 3.8) is 0 Å². The van der Waals surface area contributed by atoms with E-state index in [0.29, 0.717) is 10.0 Å². The van der Waals surface area contributed by atoms with Crippen LogP contribution < -0.4 is 10.6 Å². The van der Waals surface area contributed by atoms with Gasteiger partial charge in [-0.15, -0.1) is 6.42 Å². The molecule has 4 nitrogen and oxygen atoms in total. The van der Waals surface area contributed by atoms with E-state index in [2.05, 4.69) is 21.5 Å². The van der Waals surface area contributed by atoms with Crippen molar-refractivity contribution >= 4 is 28.1 Å². The van der Waals surface area contributed by atoms with Crippen LogP contribution in [0.25, 0.3) is 0 Å². The lowest BCUT2D eigenvalue weighted by molar-refractivity contribution is 0.0935. The van der Waals surface area contributed by atoms with Gasteiger partial charge in [-0.05, 0) is 24.6 Å². The zero-order valence-electron chi connectivity index (χ0n) is 13.7. The maximum atomic E-state index is 12.6. The molecule has 1 amide bonds. The Morgan fingerprint density at radius 1 is 1.12 bits per heavy atom. The number of para-hydroxylation sites is 1. The van der Waals surface area contributed by atoms with Crippen LogP contribution in [0.15, 0.2) is 60.7 Å². The number of rotatable bonds is 5. The van der Waals surface area contributed by atoms with E-state index in [0.717, 1.165) is 11.3 Å². The van der Waals surface area contributed by atoms with Gasteiger partial charge in [0.1, 0.15) is 4.88 Å². The van der Waals surface area contributed by atoms with E-state index >= 15 is 0 Å². The summed E-state index contributed by atoms with van der Waals surface area (Å²) in [7, 11) is 0. The average Bonchev–Trinajstić information content (AvgIpc) is 3.06. The highest BCUT2D eigenvalue weighted by atomic mass is 32.1. The van der Waals surface area contributed by atoms with Crippen molar-refractivity contribution in [1.82, 2.24) is 10.3 Å². The highest BCUT2D eigenvalue weighted by Gasteiger charge is 2.19. The molecule has 5 heteroatoms. The molecule has 0 bridgehead atoms. The molecule has 3 rings (SSSR count). The fourth-order valence-corrected chi connectivity index (χ4v) is 3.15. The van der Waals surface area contributed by atoms with Gasteiger partial charge in [-0.25, -0.2) is 4.98 Å². The Hall–Kier alpha value is -3.10. The van der Waals surface area contributed by atoms with Crippen LogP contribution in [-0.4, -0.2) is 10.9 Å². The van der Waals surface area contributed by atoms with Crippen molar-refractivity contribution in [1.29, 1.82) is 0 Å². The van der Waals surface area contributed by atoms with E-state index in [1.165, 1.54) is 11.3 Å². The fraction of sp³-hybridized carbons (Fsp3) is 0.100. The van der Waals surface area contributed by atoms with Gasteiger partial charge in [-0.3, -0.25) is 4.79 Å². The van der Waals surface area contributed by atoms with Crippen LogP contribution in [0.2, 0.25) is 0 Å². The standard InChI is InChI=1S/C20H17N3OS/c1-3-17-18(19(24)21-14(2)15-10-6-4-7-11-15)23-20(25-17)22-16-12-8-5-9-13-16/h1,4-14H,2H3,(H,21,24)(H,22,23). The molecule has 0 aliphatic rings. The predicted octanol–water partition coefficient (Wildman–Crippen LogP) is 4.36. The first-order valence-electron chi connectivity index (χ1n) is 7.82. The second kappa shape index (κ2) is 7.65. The SMILES string of the molecule is C#Cc1sc(Nc2ccccc2)nc1C(=O)NC(C)c1ccccc1. The molecule has 0 saturated carbocycles. The predicted molar refractivity (Wildman–Crippen MR) is 102 cm³/mol. The molecule has 2 aromatic carbocycles. The summed E-state index contributed by atoms with van der Waals surface area (Å²) in [6, 6.07) is 19.3. The van der Waals surface area contributed by atoms with Gasteiger partial charge in [0.05, 0.1) is 6.04 Å². The third-order valence-corrected chi connectivity index (χ3v) is 4.55. The second-order valence-electron chi connectivity index (χ2n) is 5.44. The molecule has 2 N–H and O–H groups in total. The Balaban J connectivity index is 1.77. The van der Waals surface area contributed by atoms with Gasteiger partial charge in [-0.1, -0.05) is 65.8 Å². The van der Waals surface area contributed by atoms with Crippen molar-refractivity contribution < 1.29 is 4.79 Å². The second-order valence-corrected chi connectivity index (χ2v) is 6.44. The molecule has 0 spiro atoms. The molecular weight excluding hydrogens is 330 g/mol. The lowest BCUT2D eigenvalue weighted by Gasteiger charge is -2.13. The molecule has 3 aromatic rings. The Morgan fingerprint density at radius 3 is 2.40 bits per heavy atom. The summed E-state index contributed by atoms with van der Waals surface area (Å²) in [5.41, 5.74) is 2.19. The van der Waals surface area contributed by atoms with Crippen molar-refractivity contribution in [3.8, 4) is 12.3 Å². The Kier molecular flexibility index (Phi) is 5.12. The van der Waals surface area contributed by atoms with E-state index in [-0.39, 0.29) is 17.6 Å². The zero-order valence-corrected chi connectivity index (χ0v) is 14.5. The molecule has 0 saturated heterocycles. The Bertz CT molecular complexity index is 898. The number of nitrogens with one attached hydrogen (secondary N) is 2. The summed E-state index contributed by atoms with van der Waals surface area (Å²) in [6.07, 6.45) is 5.55. The minimum atomic E-state index is -0.276. The number of carbonyl (C=O) groups excluding carboxylic acids is 1. The minimum Gasteiger partial charge on any atom is -0.344 e. The number of hydrogen-bond donors (Lipinski definition) is 2. The van der Waals surface area contributed by atoms with Crippen molar-refractivity contribution in [2.75, 3.05) is 5.32 Å². The van der Waals surface area contributed by atoms with Crippen molar-refractivity contribution in [3.05, 3.63) is 76.8 Å². The summed E-state index contributed by atoms with van der Waals surface area (Å²) in [5.74, 6) is 2.27. The van der Waals surface area contributed by atoms with E-state index in [1.807, 2.05) is 67.6 Å². The van der Waals surface area contributed by atoms with Gasteiger partial charge >= 0.3 is 0 Å². The van der Waals surface area contributed by atoms with E-state index < -0.39 is 0 Å². The first-order valence-corrected chi connectivity index (χ1v) is 8.64. The molecule has 0 aliphatic carbocycles. The lowest BCUT2D eigenvalue weighted by atomic mass is 10.1. The number of terminal acetylenes is 1. The van der Waals surface area contributed by atoms with E-state index in [4.69, 9.17) is 6.42 Å². The molecule has 0 radical (unpaired) electrons. The van der Waals surface area contributed by atoms with Crippen LogP contribution in [0, 0.1) is 12.3 Å². The number of aromatic nitrogens is 1. The molecule has 0 fully saturated rings. The largest absolute Gasteiger partial charge is 0.344 e. The van der Waals surface area contributed by atoms with Crippen LogP contribution >= 0.6 is 11.3 Å². The summed E-state index contributed by atoms with van der Waals surface area (Å²) in [5, 5.41) is 6.71. The zero-order chi connectivity index (χ0) is 17.6. The normalized spacial score (nSPS) is 11.4. The van der Waals surface area contributed by atoms with Crippen LogP contribution in [-0.2, 0) is 0 Å². The van der Waals surface area contributed by atoms with Gasteiger partial charge in [0, 0.05) is 5.69 Å².